The predicted molar refractivity (Wildman–Crippen MR) is 155 cm³/mol. The Bertz CT molecular complexity index is 1830. The monoisotopic (exact) mass is 513 g/mol. The van der Waals surface area contributed by atoms with Gasteiger partial charge in [0.1, 0.15) is 11.5 Å². The zero-order valence-electron chi connectivity index (χ0n) is 21.9. The predicted octanol–water partition coefficient (Wildman–Crippen LogP) is 7.68. The number of aromatic nitrogens is 3. The third-order valence-electron chi connectivity index (χ3n) is 6.62. The molecule has 5 aromatic carbocycles. The van der Waals surface area contributed by atoms with Crippen molar-refractivity contribution in [2.45, 2.75) is 20.0 Å². The van der Waals surface area contributed by atoms with E-state index >= 15 is 0 Å². The highest BCUT2D eigenvalue weighted by molar-refractivity contribution is 6.18. The first kappa shape index (κ1) is 24.4. The van der Waals surface area contributed by atoms with Gasteiger partial charge in [0.2, 0.25) is 0 Å². The number of phenols is 1. The summed E-state index contributed by atoms with van der Waals surface area (Å²) in [6.07, 6.45) is -0.130. The molecule has 6 heteroatoms. The highest BCUT2D eigenvalue weighted by Gasteiger charge is 2.19. The third-order valence-corrected chi connectivity index (χ3v) is 6.62. The fourth-order valence-corrected chi connectivity index (χ4v) is 4.96. The van der Waals surface area contributed by atoms with Crippen molar-refractivity contribution in [2.24, 2.45) is 0 Å². The maximum Gasteiger partial charge on any atom is 0.320 e. The summed E-state index contributed by atoms with van der Waals surface area (Å²) in [5.74, 6) is 1.73. The highest BCUT2D eigenvalue weighted by Crippen LogP contribution is 2.41. The van der Waals surface area contributed by atoms with E-state index in [9.17, 15) is 5.11 Å². The van der Waals surface area contributed by atoms with Crippen LogP contribution in [-0.2, 0) is 0 Å². The van der Waals surface area contributed by atoms with E-state index < -0.39 is 0 Å². The van der Waals surface area contributed by atoms with E-state index in [1.54, 1.807) is 25.3 Å². The molecule has 39 heavy (non-hydrogen) atoms. The summed E-state index contributed by atoms with van der Waals surface area (Å²) in [4.78, 5) is 14.1. The molecule has 0 bridgehead atoms. The molecule has 0 amide bonds. The Kier molecular flexibility index (Phi) is 6.29. The molecule has 1 heterocycles. The average molecular weight is 514 g/mol. The van der Waals surface area contributed by atoms with E-state index in [1.165, 1.54) is 0 Å². The summed E-state index contributed by atoms with van der Waals surface area (Å²) in [5, 5.41) is 14.8. The topological polar surface area (TPSA) is 77.4 Å². The fraction of sp³-hybridized carbons (Fsp3) is 0.121. The Morgan fingerprint density at radius 3 is 2.03 bits per heavy atom. The summed E-state index contributed by atoms with van der Waals surface area (Å²) >= 11 is 0. The van der Waals surface area contributed by atoms with Crippen molar-refractivity contribution in [3.05, 3.63) is 97.1 Å². The maximum atomic E-state index is 10.5. The van der Waals surface area contributed by atoms with Gasteiger partial charge in [-0.3, -0.25) is 0 Å². The molecule has 0 saturated heterocycles. The summed E-state index contributed by atoms with van der Waals surface area (Å²) in [7, 11) is 1.69. The Hall–Kier alpha value is -4.97. The van der Waals surface area contributed by atoms with Crippen LogP contribution in [0.5, 0.6) is 17.5 Å². The van der Waals surface area contributed by atoms with Crippen LogP contribution in [0.15, 0.2) is 97.1 Å². The molecule has 0 aliphatic heterocycles. The number of aromatic hydroxyl groups is 1. The lowest BCUT2D eigenvalue weighted by Crippen LogP contribution is -2.10. The van der Waals surface area contributed by atoms with E-state index in [1.807, 2.05) is 50.2 Å². The lowest BCUT2D eigenvalue weighted by atomic mass is 9.91. The summed E-state index contributed by atoms with van der Waals surface area (Å²) in [5.41, 5.74) is 3.47. The van der Waals surface area contributed by atoms with E-state index in [4.69, 9.17) is 19.4 Å². The van der Waals surface area contributed by atoms with Crippen LogP contribution in [0.25, 0.3) is 55.4 Å². The molecule has 0 radical (unpaired) electrons. The standard InChI is InChI=1S/C33H27N3O3/c1-20(2)39-33-35-31(26-15-6-8-17-28(26)37)34-32(36-33)27-19-21-11-10-16-25(23-13-7-9-18-29(23)38-3)30(21)24-14-5-4-12-22(24)27/h4-20,37H,1-3H3. The number of para-hydroxylation sites is 2. The number of ether oxygens (including phenoxy) is 2. The number of rotatable bonds is 6. The number of hydrogen-bond donors (Lipinski definition) is 1. The lowest BCUT2D eigenvalue weighted by Gasteiger charge is -2.16. The number of nitrogens with zero attached hydrogens (tertiary/aromatic N) is 3. The summed E-state index contributed by atoms with van der Waals surface area (Å²) in [6, 6.07) is 31.9. The van der Waals surface area contributed by atoms with Crippen LogP contribution in [0.3, 0.4) is 0 Å². The molecule has 1 aromatic heterocycles. The first-order valence-electron chi connectivity index (χ1n) is 12.8. The van der Waals surface area contributed by atoms with Crippen molar-refractivity contribution in [3.63, 3.8) is 0 Å². The van der Waals surface area contributed by atoms with Crippen molar-refractivity contribution in [2.75, 3.05) is 7.11 Å². The molecule has 0 saturated carbocycles. The van der Waals surface area contributed by atoms with Gasteiger partial charge in [-0.15, -0.1) is 0 Å². The number of hydrogen-bond acceptors (Lipinski definition) is 6. The van der Waals surface area contributed by atoms with Crippen molar-refractivity contribution in [1.82, 2.24) is 15.0 Å². The Labute approximate surface area is 226 Å². The van der Waals surface area contributed by atoms with Crippen LogP contribution in [-0.4, -0.2) is 33.3 Å². The Morgan fingerprint density at radius 2 is 1.28 bits per heavy atom. The molecular weight excluding hydrogens is 486 g/mol. The molecule has 0 atom stereocenters. The number of phenolic OH excluding ortho intramolecular Hbond substituents is 1. The van der Waals surface area contributed by atoms with Crippen LogP contribution < -0.4 is 9.47 Å². The highest BCUT2D eigenvalue weighted by atomic mass is 16.5. The molecule has 0 unspecified atom stereocenters. The van der Waals surface area contributed by atoms with Crippen molar-refractivity contribution < 1.29 is 14.6 Å². The second-order valence-corrected chi connectivity index (χ2v) is 9.52. The average Bonchev–Trinajstić information content (AvgIpc) is 2.96. The van der Waals surface area contributed by atoms with Crippen LogP contribution in [0.1, 0.15) is 13.8 Å². The van der Waals surface area contributed by atoms with Crippen molar-refractivity contribution in [3.8, 4) is 51.4 Å². The largest absolute Gasteiger partial charge is 0.507 e. The molecular formula is C33H27N3O3. The van der Waals surface area contributed by atoms with Gasteiger partial charge >= 0.3 is 6.01 Å². The Morgan fingerprint density at radius 1 is 0.641 bits per heavy atom. The molecule has 6 aromatic rings. The van der Waals surface area contributed by atoms with Gasteiger partial charge < -0.3 is 14.6 Å². The summed E-state index contributed by atoms with van der Waals surface area (Å²) < 4.78 is 11.6. The summed E-state index contributed by atoms with van der Waals surface area (Å²) in [6.45, 7) is 3.85. The molecule has 6 nitrogen and oxygen atoms in total. The molecule has 192 valence electrons. The quantitative estimate of drug-likeness (QED) is 0.230. The second kappa shape index (κ2) is 10.1. The van der Waals surface area contributed by atoms with Crippen molar-refractivity contribution >= 4 is 21.5 Å². The first-order valence-corrected chi connectivity index (χ1v) is 12.8. The smallest absolute Gasteiger partial charge is 0.320 e. The minimum atomic E-state index is -0.130. The molecule has 1 N–H and O–H groups in total. The Balaban J connectivity index is 1.65. The SMILES string of the molecule is COc1ccccc1-c1cccc2cc(-c3nc(OC(C)C)nc(-c4ccccc4O)n3)c3ccccc3c12. The van der Waals surface area contributed by atoms with Crippen LogP contribution >= 0.6 is 0 Å². The van der Waals surface area contributed by atoms with Gasteiger partial charge in [-0.05, 0) is 65.2 Å². The lowest BCUT2D eigenvalue weighted by molar-refractivity contribution is 0.222. The van der Waals surface area contributed by atoms with Gasteiger partial charge in [0.05, 0.1) is 18.8 Å². The second-order valence-electron chi connectivity index (χ2n) is 9.52. The van der Waals surface area contributed by atoms with Gasteiger partial charge in [-0.25, -0.2) is 4.98 Å². The zero-order valence-corrected chi connectivity index (χ0v) is 21.9. The van der Waals surface area contributed by atoms with E-state index in [0.29, 0.717) is 17.2 Å². The fourth-order valence-electron chi connectivity index (χ4n) is 4.96. The zero-order chi connectivity index (χ0) is 26.9. The normalized spacial score (nSPS) is 11.3. The minimum Gasteiger partial charge on any atom is -0.507 e. The number of methoxy groups -OCH3 is 1. The minimum absolute atomic E-state index is 0.0926. The number of fused-ring (bicyclic) bond motifs is 3. The van der Waals surface area contributed by atoms with Gasteiger partial charge in [0, 0.05) is 11.1 Å². The molecule has 0 aliphatic rings. The van der Waals surface area contributed by atoms with Gasteiger partial charge in [0.25, 0.3) is 0 Å². The third kappa shape index (κ3) is 4.50. The number of benzene rings is 5. The van der Waals surface area contributed by atoms with Gasteiger partial charge in [-0.2, -0.15) is 9.97 Å². The molecule has 0 fully saturated rings. The van der Waals surface area contributed by atoms with E-state index in [-0.39, 0.29) is 17.9 Å². The van der Waals surface area contributed by atoms with E-state index in [2.05, 4.69) is 47.4 Å². The van der Waals surface area contributed by atoms with E-state index in [0.717, 1.165) is 44.0 Å². The van der Waals surface area contributed by atoms with Crippen molar-refractivity contribution in [1.29, 1.82) is 0 Å². The van der Waals surface area contributed by atoms with Gasteiger partial charge in [0.15, 0.2) is 11.6 Å². The van der Waals surface area contributed by atoms with Crippen LogP contribution in [0.4, 0.5) is 0 Å². The molecule has 6 rings (SSSR count). The van der Waals surface area contributed by atoms with Crippen LogP contribution in [0, 0.1) is 0 Å². The maximum absolute atomic E-state index is 10.5. The molecule has 0 spiro atoms. The molecule has 0 aliphatic carbocycles. The van der Waals surface area contributed by atoms with Crippen LogP contribution in [0.2, 0.25) is 0 Å². The van der Waals surface area contributed by atoms with Gasteiger partial charge in [-0.1, -0.05) is 72.8 Å². The first-order chi connectivity index (χ1) is 19.0.